The molecule has 1 aromatic carbocycles. The van der Waals surface area contributed by atoms with Gasteiger partial charge in [-0.05, 0) is 43.9 Å². The minimum Gasteiger partial charge on any atom is -0.368 e. The Morgan fingerprint density at radius 2 is 2.00 bits per heavy atom. The monoisotopic (exact) mass is 367 g/mol. The molecule has 0 radical (unpaired) electrons. The number of anilines is 1. The van der Waals surface area contributed by atoms with Crippen molar-refractivity contribution in [2.45, 2.75) is 50.2 Å². The SMILES string of the molecule is Cl.NCC1(NC(=O)c2cccc(NC(=O)C3CCCO3)c2)CCCC1. The lowest BCUT2D eigenvalue weighted by Crippen LogP contribution is -2.51. The van der Waals surface area contributed by atoms with Crippen LogP contribution in [0.5, 0.6) is 0 Å². The van der Waals surface area contributed by atoms with Crippen LogP contribution in [0.3, 0.4) is 0 Å². The van der Waals surface area contributed by atoms with Crippen LogP contribution in [-0.4, -0.2) is 36.6 Å². The molecule has 4 N–H and O–H groups in total. The van der Waals surface area contributed by atoms with Gasteiger partial charge in [-0.2, -0.15) is 0 Å². The topological polar surface area (TPSA) is 93.5 Å². The van der Waals surface area contributed by atoms with E-state index in [2.05, 4.69) is 10.6 Å². The predicted octanol–water partition coefficient (Wildman–Crippen LogP) is 2.23. The van der Waals surface area contributed by atoms with E-state index in [-0.39, 0.29) is 35.9 Å². The fourth-order valence-corrected chi connectivity index (χ4v) is 3.49. The summed E-state index contributed by atoms with van der Waals surface area (Å²) in [6, 6.07) is 6.99. The molecule has 1 unspecified atom stereocenters. The number of nitrogens with one attached hydrogen (secondary N) is 2. The smallest absolute Gasteiger partial charge is 0.253 e. The molecule has 6 nitrogen and oxygen atoms in total. The molecule has 0 spiro atoms. The Balaban J connectivity index is 0.00000225. The fraction of sp³-hybridized carbons (Fsp3) is 0.556. The van der Waals surface area contributed by atoms with Gasteiger partial charge in [0.1, 0.15) is 6.10 Å². The summed E-state index contributed by atoms with van der Waals surface area (Å²) >= 11 is 0. The lowest BCUT2D eigenvalue weighted by molar-refractivity contribution is -0.124. The van der Waals surface area contributed by atoms with Crippen LogP contribution in [0.25, 0.3) is 0 Å². The van der Waals surface area contributed by atoms with Crippen molar-refractivity contribution in [3.63, 3.8) is 0 Å². The highest BCUT2D eigenvalue weighted by Crippen LogP contribution is 2.29. The summed E-state index contributed by atoms with van der Waals surface area (Å²) in [7, 11) is 0. The van der Waals surface area contributed by atoms with Crippen molar-refractivity contribution >= 4 is 29.9 Å². The third-order valence-corrected chi connectivity index (χ3v) is 4.94. The minimum atomic E-state index is -0.388. The summed E-state index contributed by atoms with van der Waals surface area (Å²) in [5, 5.41) is 5.92. The molecule has 25 heavy (non-hydrogen) atoms. The van der Waals surface area contributed by atoms with Crippen molar-refractivity contribution in [1.29, 1.82) is 0 Å². The Labute approximate surface area is 154 Å². The summed E-state index contributed by atoms with van der Waals surface area (Å²) in [4.78, 5) is 24.7. The van der Waals surface area contributed by atoms with Crippen LogP contribution in [0.15, 0.2) is 24.3 Å². The average molecular weight is 368 g/mol. The van der Waals surface area contributed by atoms with Gasteiger partial charge in [-0.3, -0.25) is 9.59 Å². The van der Waals surface area contributed by atoms with Gasteiger partial charge in [0.15, 0.2) is 0 Å². The lowest BCUT2D eigenvalue weighted by atomic mass is 9.97. The lowest BCUT2D eigenvalue weighted by Gasteiger charge is -2.28. The predicted molar refractivity (Wildman–Crippen MR) is 99.0 cm³/mol. The van der Waals surface area contributed by atoms with Crippen molar-refractivity contribution in [1.82, 2.24) is 5.32 Å². The molecule has 1 saturated carbocycles. The number of amides is 2. The van der Waals surface area contributed by atoms with Gasteiger partial charge in [0.05, 0.1) is 5.54 Å². The van der Waals surface area contributed by atoms with E-state index in [1.54, 1.807) is 24.3 Å². The van der Waals surface area contributed by atoms with E-state index >= 15 is 0 Å². The van der Waals surface area contributed by atoms with Gasteiger partial charge >= 0.3 is 0 Å². The Hall–Kier alpha value is -1.63. The van der Waals surface area contributed by atoms with Crippen LogP contribution in [0.1, 0.15) is 48.9 Å². The first-order valence-electron chi connectivity index (χ1n) is 8.67. The Kier molecular flexibility index (Phi) is 6.81. The number of benzene rings is 1. The maximum Gasteiger partial charge on any atom is 0.253 e. The van der Waals surface area contributed by atoms with E-state index < -0.39 is 0 Å². The normalized spacial score (nSPS) is 21.4. The van der Waals surface area contributed by atoms with Crippen LogP contribution >= 0.6 is 12.4 Å². The molecule has 1 atom stereocenters. The molecule has 1 heterocycles. The van der Waals surface area contributed by atoms with Gasteiger partial charge in [0, 0.05) is 24.4 Å². The summed E-state index contributed by atoms with van der Waals surface area (Å²) < 4.78 is 5.38. The molecule has 1 aliphatic carbocycles. The molecule has 2 amide bonds. The van der Waals surface area contributed by atoms with Gasteiger partial charge in [-0.25, -0.2) is 0 Å². The summed E-state index contributed by atoms with van der Waals surface area (Å²) in [5.74, 6) is -0.296. The largest absolute Gasteiger partial charge is 0.368 e. The highest BCUT2D eigenvalue weighted by molar-refractivity contribution is 5.98. The van der Waals surface area contributed by atoms with Crippen LogP contribution in [-0.2, 0) is 9.53 Å². The van der Waals surface area contributed by atoms with E-state index in [4.69, 9.17) is 10.5 Å². The second kappa shape index (κ2) is 8.65. The van der Waals surface area contributed by atoms with Gasteiger partial charge in [-0.1, -0.05) is 18.9 Å². The standard InChI is InChI=1S/C18H25N3O3.ClH/c19-12-18(8-1-2-9-18)21-16(22)13-5-3-6-14(11-13)20-17(23)15-7-4-10-24-15;/h3,5-6,11,15H,1-2,4,7-10,12,19H2,(H,20,23)(H,21,22);1H. The van der Waals surface area contributed by atoms with Crippen LogP contribution in [0.2, 0.25) is 0 Å². The maximum atomic E-state index is 12.6. The van der Waals surface area contributed by atoms with E-state index in [1.807, 2.05) is 0 Å². The number of hydrogen-bond donors (Lipinski definition) is 3. The number of hydrogen-bond acceptors (Lipinski definition) is 4. The minimum absolute atomic E-state index is 0. The Morgan fingerprint density at radius 3 is 2.64 bits per heavy atom. The third kappa shape index (κ3) is 4.71. The van der Waals surface area contributed by atoms with Crippen molar-refractivity contribution < 1.29 is 14.3 Å². The summed E-state index contributed by atoms with van der Waals surface area (Å²) in [6.45, 7) is 1.08. The van der Waals surface area contributed by atoms with Crippen molar-refractivity contribution in [3.8, 4) is 0 Å². The molecule has 1 saturated heterocycles. The number of halogens is 1. The van der Waals surface area contributed by atoms with Gasteiger partial charge in [-0.15, -0.1) is 12.4 Å². The maximum absolute atomic E-state index is 12.6. The van der Waals surface area contributed by atoms with Crippen molar-refractivity contribution in [3.05, 3.63) is 29.8 Å². The molecule has 0 bridgehead atoms. The average Bonchev–Trinajstić information content (AvgIpc) is 3.27. The van der Waals surface area contributed by atoms with E-state index in [0.717, 1.165) is 38.5 Å². The quantitative estimate of drug-likeness (QED) is 0.743. The molecule has 2 fully saturated rings. The zero-order valence-corrected chi connectivity index (χ0v) is 15.1. The van der Waals surface area contributed by atoms with Gasteiger partial charge in [0.25, 0.3) is 11.8 Å². The first-order valence-corrected chi connectivity index (χ1v) is 8.67. The second-order valence-corrected chi connectivity index (χ2v) is 6.72. The van der Waals surface area contributed by atoms with Crippen molar-refractivity contribution in [2.24, 2.45) is 5.73 Å². The zero-order chi connectivity index (χ0) is 17.0. The second-order valence-electron chi connectivity index (χ2n) is 6.72. The first kappa shape index (κ1) is 19.7. The van der Waals surface area contributed by atoms with Gasteiger partial charge in [0.2, 0.25) is 0 Å². The molecule has 138 valence electrons. The van der Waals surface area contributed by atoms with E-state index in [1.165, 1.54) is 0 Å². The molecular formula is C18H26ClN3O3. The molecule has 2 aliphatic rings. The number of carbonyl (C=O) groups excluding carboxylic acids is 2. The zero-order valence-electron chi connectivity index (χ0n) is 14.3. The third-order valence-electron chi connectivity index (χ3n) is 4.94. The summed E-state index contributed by atoms with van der Waals surface area (Å²) in [5.41, 5.74) is 6.73. The molecular weight excluding hydrogens is 342 g/mol. The number of nitrogens with two attached hydrogens (primary N) is 1. The fourth-order valence-electron chi connectivity index (χ4n) is 3.49. The van der Waals surface area contributed by atoms with Crippen LogP contribution in [0.4, 0.5) is 5.69 Å². The Morgan fingerprint density at radius 1 is 1.24 bits per heavy atom. The number of rotatable bonds is 5. The molecule has 3 rings (SSSR count). The highest BCUT2D eigenvalue weighted by Gasteiger charge is 2.34. The molecule has 1 aromatic rings. The molecule has 7 heteroatoms. The molecule has 0 aromatic heterocycles. The summed E-state index contributed by atoms with van der Waals surface area (Å²) in [6.07, 6.45) is 5.29. The van der Waals surface area contributed by atoms with Crippen molar-refractivity contribution in [2.75, 3.05) is 18.5 Å². The van der Waals surface area contributed by atoms with Crippen LogP contribution in [0, 0.1) is 0 Å². The van der Waals surface area contributed by atoms with Gasteiger partial charge < -0.3 is 21.1 Å². The number of ether oxygens (including phenoxy) is 1. The highest BCUT2D eigenvalue weighted by atomic mass is 35.5. The Bertz CT molecular complexity index is 611. The number of carbonyl (C=O) groups is 2. The van der Waals surface area contributed by atoms with Crippen LogP contribution < -0.4 is 16.4 Å². The first-order chi connectivity index (χ1) is 11.6. The van der Waals surface area contributed by atoms with E-state index in [0.29, 0.717) is 24.4 Å². The molecule has 1 aliphatic heterocycles. The van der Waals surface area contributed by atoms with E-state index in [9.17, 15) is 9.59 Å².